The van der Waals surface area contributed by atoms with Crippen LogP contribution in [0.4, 0.5) is 15.8 Å². The van der Waals surface area contributed by atoms with E-state index >= 15 is 0 Å². The normalized spacial score (nSPS) is 18.1. The van der Waals surface area contributed by atoms with E-state index in [0.717, 1.165) is 32.7 Å². The topological polar surface area (TPSA) is 71.5 Å². The molecule has 3 rings (SSSR count). The molecule has 8 nitrogen and oxygen atoms in total. The van der Waals surface area contributed by atoms with Gasteiger partial charge in [0.2, 0.25) is 0 Å². The Hall–Kier alpha value is -2.65. The highest BCUT2D eigenvalue weighted by molar-refractivity contribution is 6.03. The second-order valence-corrected chi connectivity index (χ2v) is 6.77. The summed E-state index contributed by atoms with van der Waals surface area (Å²) in [5.74, 6) is -1.81. The number of likely N-dealkylation sites (N-methyl/N-ethyl adjacent to an activating group) is 1. The highest BCUT2D eigenvalue weighted by atomic mass is 19.1. The van der Waals surface area contributed by atoms with E-state index < -0.39 is 17.8 Å². The molecular weight excluding hydrogens is 381 g/mol. The number of methoxy groups -OCH3 is 2. The Balaban J connectivity index is 1.90. The van der Waals surface area contributed by atoms with Gasteiger partial charge < -0.3 is 28.9 Å². The number of ether oxygens (including phenoxy) is 3. The second-order valence-electron chi connectivity index (χ2n) is 6.77. The van der Waals surface area contributed by atoms with Crippen molar-refractivity contribution in [3.05, 3.63) is 35.3 Å². The van der Waals surface area contributed by atoms with Crippen LogP contribution >= 0.6 is 0 Å². The summed E-state index contributed by atoms with van der Waals surface area (Å²) in [6, 6.07) is 4.73. The third kappa shape index (κ3) is 4.35. The number of halogens is 1. The molecule has 0 N–H and O–H groups in total. The molecule has 0 aromatic heterocycles. The van der Waals surface area contributed by atoms with Gasteiger partial charge >= 0.3 is 11.9 Å². The minimum Gasteiger partial charge on any atom is -0.466 e. The lowest BCUT2D eigenvalue weighted by Crippen LogP contribution is -2.46. The number of nitrogens with zero attached hydrogens (tertiary/aromatic N) is 3. The van der Waals surface area contributed by atoms with Crippen LogP contribution in [0.3, 0.4) is 0 Å². The molecule has 1 fully saturated rings. The Labute approximate surface area is 169 Å². The van der Waals surface area contributed by atoms with Gasteiger partial charge in [-0.15, -0.1) is 0 Å². The van der Waals surface area contributed by atoms with Crippen LogP contribution in [-0.4, -0.2) is 77.1 Å². The van der Waals surface area contributed by atoms with Gasteiger partial charge in [0, 0.05) is 31.9 Å². The van der Waals surface area contributed by atoms with Crippen LogP contribution in [0, 0.1) is 5.82 Å². The zero-order chi connectivity index (χ0) is 21.0. The number of carbonyl (C=O) groups excluding carboxylic acids is 2. The number of esters is 2. The van der Waals surface area contributed by atoms with Crippen LogP contribution in [0.2, 0.25) is 0 Å². The number of rotatable bonds is 5. The summed E-state index contributed by atoms with van der Waals surface area (Å²) >= 11 is 0. The molecule has 158 valence electrons. The molecule has 0 amide bonds. The molecule has 1 aromatic carbocycles. The maximum absolute atomic E-state index is 15.0. The molecule has 9 heteroatoms. The summed E-state index contributed by atoms with van der Waals surface area (Å²) in [4.78, 5) is 30.2. The Bertz CT molecular complexity index is 805. The number of carbonyl (C=O) groups is 2. The van der Waals surface area contributed by atoms with Crippen molar-refractivity contribution in [3.63, 3.8) is 0 Å². The predicted molar refractivity (Wildman–Crippen MR) is 105 cm³/mol. The number of hydrogen-bond acceptors (Lipinski definition) is 8. The Kier molecular flexibility index (Phi) is 6.71. The van der Waals surface area contributed by atoms with Crippen LogP contribution in [0.25, 0.3) is 0 Å². The van der Waals surface area contributed by atoms with E-state index in [4.69, 9.17) is 14.2 Å². The number of anilines is 2. The number of benzene rings is 1. The van der Waals surface area contributed by atoms with E-state index in [1.54, 1.807) is 12.1 Å². The quantitative estimate of drug-likeness (QED) is 0.678. The van der Waals surface area contributed by atoms with Crippen molar-refractivity contribution in [2.45, 2.75) is 6.92 Å². The molecule has 1 aromatic rings. The first kappa shape index (κ1) is 21.1. The van der Waals surface area contributed by atoms with E-state index in [1.807, 2.05) is 4.90 Å². The Morgan fingerprint density at radius 2 is 1.79 bits per heavy atom. The summed E-state index contributed by atoms with van der Waals surface area (Å²) < 4.78 is 30.0. The molecule has 0 spiro atoms. The van der Waals surface area contributed by atoms with Crippen LogP contribution < -0.4 is 9.80 Å². The summed E-state index contributed by atoms with van der Waals surface area (Å²) in [6.07, 6.45) is 0. The van der Waals surface area contributed by atoms with Crippen LogP contribution in [0.15, 0.2) is 29.5 Å². The van der Waals surface area contributed by atoms with Gasteiger partial charge in [-0.3, -0.25) is 0 Å². The highest BCUT2D eigenvalue weighted by Gasteiger charge is 2.33. The molecule has 0 saturated carbocycles. The fourth-order valence-electron chi connectivity index (χ4n) is 3.57. The zero-order valence-electron chi connectivity index (χ0n) is 16.9. The molecule has 29 heavy (non-hydrogen) atoms. The van der Waals surface area contributed by atoms with Gasteiger partial charge in [0.05, 0.1) is 32.1 Å². The van der Waals surface area contributed by atoms with Gasteiger partial charge in [-0.1, -0.05) is 6.92 Å². The Morgan fingerprint density at radius 3 is 2.38 bits per heavy atom. The molecule has 0 unspecified atom stereocenters. The lowest BCUT2D eigenvalue weighted by molar-refractivity contribution is -0.140. The van der Waals surface area contributed by atoms with Crippen molar-refractivity contribution < 1.29 is 28.2 Å². The van der Waals surface area contributed by atoms with Crippen LogP contribution in [0.1, 0.15) is 6.92 Å². The van der Waals surface area contributed by atoms with Gasteiger partial charge in [-0.2, -0.15) is 0 Å². The number of hydrogen-bond donors (Lipinski definition) is 0. The van der Waals surface area contributed by atoms with Crippen molar-refractivity contribution in [1.82, 2.24) is 4.90 Å². The molecule has 0 atom stereocenters. The van der Waals surface area contributed by atoms with Gasteiger partial charge in [-0.05, 0) is 24.7 Å². The molecule has 2 aliphatic heterocycles. The first-order chi connectivity index (χ1) is 14.0. The average molecular weight is 407 g/mol. The third-order valence-electron chi connectivity index (χ3n) is 5.24. The van der Waals surface area contributed by atoms with Gasteiger partial charge in [0.25, 0.3) is 0 Å². The van der Waals surface area contributed by atoms with E-state index in [2.05, 4.69) is 11.8 Å². The summed E-state index contributed by atoms with van der Waals surface area (Å²) in [5.41, 5.74) is 0.930. The fraction of sp³-hybridized carbons (Fsp3) is 0.500. The number of piperazine rings is 1. The van der Waals surface area contributed by atoms with Gasteiger partial charge in [0.1, 0.15) is 18.2 Å². The van der Waals surface area contributed by atoms with Crippen molar-refractivity contribution in [2.75, 3.05) is 70.1 Å². The van der Waals surface area contributed by atoms with Crippen molar-refractivity contribution >= 4 is 23.3 Å². The van der Waals surface area contributed by atoms with E-state index in [0.29, 0.717) is 11.4 Å². The largest absolute Gasteiger partial charge is 0.466 e. The van der Waals surface area contributed by atoms with Crippen molar-refractivity contribution in [1.29, 1.82) is 0 Å². The summed E-state index contributed by atoms with van der Waals surface area (Å²) in [5, 5.41) is 0. The first-order valence-electron chi connectivity index (χ1n) is 9.52. The molecule has 0 aliphatic carbocycles. The van der Waals surface area contributed by atoms with Crippen molar-refractivity contribution in [2.24, 2.45) is 0 Å². The van der Waals surface area contributed by atoms with Gasteiger partial charge in [-0.25, -0.2) is 14.0 Å². The van der Waals surface area contributed by atoms with E-state index in [-0.39, 0.29) is 24.6 Å². The van der Waals surface area contributed by atoms with Crippen LogP contribution in [-0.2, 0) is 23.8 Å². The van der Waals surface area contributed by atoms with E-state index in [9.17, 15) is 14.0 Å². The van der Waals surface area contributed by atoms with Gasteiger partial charge in [0.15, 0.2) is 0 Å². The first-order valence-corrected chi connectivity index (χ1v) is 9.52. The lowest BCUT2D eigenvalue weighted by atomic mass is 10.1. The Morgan fingerprint density at radius 1 is 1.10 bits per heavy atom. The smallest absolute Gasteiger partial charge is 0.355 e. The lowest BCUT2D eigenvalue weighted by Gasteiger charge is -2.36. The summed E-state index contributed by atoms with van der Waals surface area (Å²) in [6.45, 7) is 6.25. The molecule has 2 heterocycles. The summed E-state index contributed by atoms with van der Waals surface area (Å²) in [7, 11) is 2.44. The molecule has 0 bridgehead atoms. The second kappa shape index (κ2) is 9.23. The minimum absolute atomic E-state index is 0.00527. The standard InChI is InChI=1S/C20H26FN3O5/c1-4-22-7-9-23(10-8-22)17-6-5-14(11-16(17)21)24-13-29-12-15(19(25)27-2)18(24)20(26)28-3/h5-6,11H,4,7-10,12-13H2,1-3H3. The molecule has 1 saturated heterocycles. The predicted octanol–water partition coefficient (Wildman–Crippen LogP) is 1.36. The fourth-order valence-corrected chi connectivity index (χ4v) is 3.57. The zero-order valence-corrected chi connectivity index (χ0v) is 16.9. The van der Waals surface area contributed by atoms with Crippen LogP contribution in [0.5, 0.6) is 0 Å². The van der Waals surface area contributed by atoms with E-state index in [1.165, 1.54) is 25.2 Å². The molecule has 2 aliphatic rings. The maximum atomic E-state index is 15.0. The van der Waals surface area contributed by atoms with Crippen molar-refractivity contribution in [3.8, 4) is 0 Å². The molecular formula is C20H26FN3O5. The highest BCUT2D eigenvalue weighted by Crippen LogP contribution is 2.31. The molecule has 0 radical (unpaired) electrons. The minimum atomic E-state index is -0.714. The SMILES string of the molecule is CCN1CCN(c2ccc(N3COCC(C(=O)OC)=C3C(=O)OC)cc2F)CC1. The maximum Gasteiger partial charge on any atom is 0.355 e. The monoisotopic (exact) mass is 407 g/mol. The third-order valence-corrected chi connectivity index (χ3v) is 5.24. The average Bonchev–Trinajstić information content (AvgIpc) is 2.77.